The van der Waals surface area contributed by atoms with E-state index in [-0.39, 0.29) is 22.9 Å². The number of nitrogens with one attached hydrogen (secondary N) is 2. The van der Waals surface area contributed by atoms with Crippen LogP contribution in [0.1, 0.15) is 66.8 Å². The van der Waals surface area contributed by atoms with Crippen LogP contribution >= 0.6 is 11.9 Å². The van der Waals surface area contributed by atoms with E-state index in [9.17, 15) is 17.6 Å². The van der Waals surface area contributed by atoms with Gasteiger partial charge in [-0.2, -0.15) is 0 Å². The molecular formula is C28H34FN3O4S2. The van der Waals surface area contributed by atoms with Crippen LogP contribution in [0.5, 0.6) is 0 Å². The van der Waals surface area contributed by atoms with Crippen molar-refractivity contribution < 1.29 is 22.0 Å². The molecule has 1 aromatic heterocycles. The molecular weight excluding hydrogens is 525 g/mol. The van der Waals surface area contributed by atoms with Crippen molar-refractivity contribution >= 4 is 44.5 Å². The Hall–Kier alpha value is -2.56. The van der Waals surface area contributed by atoms with Gasteiger partial charge in [0.15, 0.2) is 0 Å². The van der Waals surface area contributed by atoms with Crippen LogP contribution in [-0.2, 0) is 10.0 Å². The van der Waals surface area contributed by atoms with Gasteiger partial charge in [-0.25, -0.2) is 17.1 Å². The molecule has 204 valence electrons. The first kappa shape index (κ1) is 27.0. The highest BCUT2D eigenvalue weighted by molar-refractivity contribution is 7.99. The molecule has 0 unspecified atom stereocenters. The van der Waals surface area contributed by atoms with Gasteiger partial charge < -0.3 is 14.5 Å². The lowest BCUT2D eigenvalue weighted by Gasteiger charge is -2.36. The number of piperidine rings is 1. The number of fused-ring (bicyclic) bond motifs is 1. The van der Waals surface area contributed by atoms with Gasteiger partial charge in [-0.15, -0.1) is 0 Å². The third-order valence-corrected chi connectivity index (χ3v) is 10.6. The fourth-order valence-electron chi connectivity index (χ4n) is 5.85. The second-order valence-electron chi connectivity index (χ2n) is 10.1. The first-order valence-electron chi connectivity index (χ1n) is 13.2. The molecule has 1 aliphatic carbocycles. The molecule has 2 N–H and O–H groups in total. The molecule has 0 radical (unpaired) electrons. The molecule has 7 nitrogen and oxygen atoms in total. The summed E-state index contributed by atoms with van der Waals surface area (Å²) in [6.45, 7) is 0.970. The molecule has 1 saturated heterocycles. The van der Waals surface area contributed by atoms with Crippen molar-refractivity contribution in [3.8, 4) is 11.3 Å². The third kappa shape index (κ3) is 5.18. The molecule has 5 rings (SSSR count). The van der Waals surface area contributed by atoms with E-state index in [1.165, 1.54) is 24.1 Å². The number of furan rings is 1. The molecule has 3 aromatic rings. The molecule has 1 atom stereocenters. The summed E-state index contributed by atoms with van der Waals surface area (Å²) in [7, 11) is -1.80. The zero-order valence-electron chi connectivity index (χ0n) is 21.8. The second kappa shape index (κ2) is 11.3. The van der Waals surface area contributed by atoms with Crippen LogP contribution < -0.4 is 10.0 Å². The highest BCUT2D eigenvalue weighted by Gasteiger charge is 2.37. The number of rotatable bonds is 7. The molecule has 1 aliphatic heterocycles. The predicted molar refractivity (Wildman–Crippen MR) is 151 cm³/mol. The van der Waals surface area contributed by atoms with Crippen molar-refractivity contribution in [1.29, 1.82) is 0 Å². The van der Waals surface area contributed by atoms with Gasteiger partial charge in [0, 0.05) is 43.4 Å². The lowest BCUT2D eigenvalue weighted by molar-refractivity contribution is 0.0964. The minimum Gasteiger partial charge on any atom is -0.455 e. The molecule has 2 aromatic carbocycles. The topological polar surface area (TPSA) is 91.7 Å². The molecule has 2 fully saturated rings. The molecule has 38 heavy (non-hydrogen) atoms. The maximum Gasteiger partial charge on any atom is 0.255 e. The third-order valence-electron chi connectivity index (χ3n) is 7.79. The standard InChI is InChI=1S/C28H34FN3O4S2/c1-30-28(33)26-23-15-22(19-7-6-14-32(17-19)38(34,35)21-8-4-3-5-9-21)24(31-37-2)16-25(23)36-27(26)18-10-12-20(29)13-11-18/h10-13,15-16,19,21,31H,3-9,14,17H2,1-2H3,(H,30,33)/t19-/m0/s1. The van der Waals surface area contributed by atoms with Crippen LogP contribution in [0.25, 0.3) is 22.3 Å². The maximum absolute atomic E-state index is 13.6. The average Bonchev–Trinajstić information content (AvgIpc) is 3.31. The van der Waals surface area contributed by atoms with Crippen molar-refractivity contribution in [3.63, 3.8) is 0 Å². The number of hydrogen-bond acceptors (Lipinski definition) is 6. The Bertz CT molecular complexity index is 1420. The van der Waals surface area contributed by atoms with Crippen molar-refractivity contribution in [2.24, 2.45) is 0 Å². The van der Waals surface area contributed by atoms with E-state index >= 15 is 0 Å². The van der Waals surface area contributed by atoms with Gasteiger partial charge in [-0.05, 0) is 67.5 Å². The van der Waals surface area contributed by atoms with Gasteiger partial charge in [0.2, 0.25) is 10.0 Å². The highest BCUT2D eigenvalue weighted by atomic mass is 32.2. The molecule has 2 aliphatic rings. The molecule has 1 amide bonds. The molecule has 2 heterocycles. The summed E-state index contributed by atoms with van der Waals surface area (Å²) in [4.78, 5) is 13.1. The largest absolute Gasteiger partial charge is 0.455 e. The first-order valence-corrected chi connectivity index (χ1v) is 15.9. The van der Waals surface area contributed by atoms with Crippen LogP contribution in [0, 0.1) is 5.82 Å². The van der Waals surface area contributed by atoms with Crippen LogP contribution in [0.3, 0.4) is 0 Å². The number of amides is 1. The van der Waals surface area contributed by atoms with Crippen molar-refractivity contribution in [1.82, 2.24) is 9.62 Å². The number of hydrogen-bond donors (Lipinski definition) is 2. The Kier molecular flexibility index (Phi) is 8.02. The number of carbonyl (C=O) groups is 1. The summed E-state index contributed by atoms with van der Waals surface area (Å²) >= 11 is 1.45. The van der Waals surface area contributed by atoms with Gasteiger partial charge in [0.05, 0.1) is 16.5 Å². The normalized spacial score (nSPS) is 19.5. The van der Waals surface area contributed by atoms with Crippen molar-refractivity contribution in [3.05, 3.63) is 53.3 Å². The monoisotopic (exact) mass is 559 g/mol. The number of anilines is 1. The zero-order chi connectivity index (χ0) is 26.9. The Morgan fingerprint density at radius 1 is 1.08 bits per heavy atom. The summed E-state index contributed by atoms with van der Waals surface area (Å²) in [6, 6.07) is 9.72. The summed E-state index contributed by atoms with van der Waals surface area (Å²) in [5.74, 6) is -0.325. The van der Waals surface area contributed by atoms with Gasteiger partial charge in [0.25, 0.3) is 5.91 Å². The lowest BCUT2D eigenvalue weighted by atomic mass is 9.89. The maximum atomic E-state index is 13.6. The Labute approximate surface area is 227 Å². The van der Waals surface area contributed by atoms with E-state index < -0.39 is 10.0 Å². The van der Waals surface area contributed by atoms with E-state index in [1.54, 1.807) is 23.5 Å². The van der Waals surface area contributed by atoms with E-state index in [0.717, 1.165) is 56.2 Å². The highest BCUT2D eigenvalue weighted by Crippen LogP contribution is 2.41. The number of benzene rings is 2. The minimum atomic E-state index is -3.36. The van der Waals surface area contributed by atoms with Gasteiger partial charge >= 0.3 is 0 Å². The first-order chi connectivity index (χ1) is 18.3. The van der Waals surface area contributed by atoms with E-state index in [0.29, 0.717) is 40.9 Å². The van der Waals surface area contributed by atoms with E-state index in [1.807, 2.05) is 18.4 Å². The minimum absolute atomic E-state index is 0.0251. The van der Waals surface area contributed by atoms with Gasteiger partial charge in [0.1, 0.15) is 17.2 Å². The van der Waals surface area contributed by atoms with Crippen LogP contribution in [0.2, 0.25) is 0 Å². The predicted octanol–water partition coefficient (Wildman–Crippen LogP) is 6.13. The van der Waals surface area contributed by atoms with Crippen molar-refractivity contribution in [2.75, 3.05) is 31.1 Å². The zero-order valence-corrected chi connectivity index (χ0v) is 23.4. The molecule has 10 heteroatoms. The second-order valence-corrected chi connectivity index (χ2v) is 13.0. The SMILES string of the molecule is CNC(=O)c1c(-c2ccc(F)cc2)oc2cc(NSC)c([C@H]3CCCN(S(=O)(=O)C4CCCCC4)C3)cc12. The van der Waals surface area contributed by atoms with E-state index in [4.69, 9.17) is 4.42 Å². The lowest BCUT2D eigenvalue weighted by Crippen LogP contribution is -2.44. The molecule has 0 spiro atoms. The van der Waals surface area contributed by atoms with Crippen LogP contribution in [0.15, 0.2) is 40.8 Å². The average molecular weight is 560 g/mol. The van der Waals surface area contributed by atoms with Crippen LogP contribution in [-0.4, -0.2) is 50.3 Å². The van der Waals surface area contributed by atoms with Gasteiger partial charge in [-0.1, -0.05) is 31.2 Å². The number of carbonyl (C=O) groups excluding carboxylic acids is 1. The molecule has 0 bridgehead atoms. The Morgan fingerprint density at radius 2 is 1.82 bits per heavy atom. The Balaban J connectivity index is 1.57. The quantitative estimate of drug-likeness (QED) is 0.339. The number of nitrogens with zero attached hydrogens (tertiary/aromatic N) is 1. The number of halogens is 1. The smallest absolute Gasteiger partial charge is 0.255 e. The summed E-state index contributed by atoms with van der Waals surface area (Å²) in [6.07, 6.45) is 8.09. The fourth-order valence-corrected chi connectivity index (χ4v) is 8.37. The summed E-state index contributed by atoms with van der Waals surface area (Å²) in [5.41, 5.74) is 3.32. The molecule has 1 saturated carbocycles. The van der Waals surface area contributed by atoms with Crippen molar-refractivity contribution in [2.45, 2.75) is 56.1 Å². The Morgan fingerprint density at radius 3 is 2.50 bits per heavy atom. The summed E-state index contributed by atoms with van der Waals surface area (Å²) in [5, 5.41) is 3.07. The van der Waals surface area contributed by atoms with E-state index in [2.05, 4.69) is 10.0 Å². The number of sulfonamides is 1. The van der Waals surface area contributed by atoms with Crippen LogP contribution in [0.4, 0.5) is 10.1 Å². The fraction of sp³-hybridized carbons (Fsp3) is 0.464. The summed E-state index contributed by atoms with van der Waals surface area (Å²) < 4.78 is 51.9. The van der Waals surface area contributed by atoms with Gasteiger partial charge in [-0.3, -0.25) is 4.79 Å².